The molecule has 3 saturated heterocycles. The van der Waals surface area contributed by atoms with Gasteiger partial charge in [0.05, 0.1) is 10.9 Å². The van der Waals surface area contributed by atoms with Gasteiger partial charge in [-0.15, -0.1) is 34.4 Å². The number of hydrogen-bond acceptors (Lipinski definition) is 15. The van der Waals surface area contributed by atoms with Gasteiger partial charge in [-0.1, -0.05) is 47.8 Å². The number of ether oxygens (including phenoxy) is 3. The number of thiocarbonyl (C=S) groups is 1. The molecule has 3 N–H and O–H groups in total. The number of aryl methyl sites for hydroxylation is 1. The van der Waals surface area contributed by atoms with Gasteiger partial charge < -0.3 is 30.0 Å². The van der Waals surface area contributed by atoms with Gasteiger partial charge in [-0.3, -0.25) is 19.3 Å². The maximum Gasteiger partial charge on any atom is 0.509 e. The first-order chi connectivity index (χ1) is 22.0. The molecule has 0 bridgehead atoms. The molecule has 4 aliphatic rings. The fraction of sp³-hybridized carbons (Fsp3) is 0.448. The molecule has 6 atom stereocenters. The minimum atomic E-state index is -1.72. The highest BCUT2D eigenvalue weighted by Gasteiger charge is 2.55. The number of aliphatic hydroxyl groups excluding tert-OH is 1. The summed E-state index contributed by atoms with van der Waals surface area (Å²) in [4.78, 5) is 66.4. The summed E-state index contributed by atoms with van der Waals surface area (Å²) in [5.41, 5.74) is 0.573. The maximum absolute atomic E-state index is 13.6. The van der Waals surface area contributed by atoms with Crippen LogP contribution in [0.4, 0.5) is 4.79 Å². The van der Waals surface area contributed by atoms with Crippen LogP contribution in [0.3, 0.4) is 0 Å². The highest BCUT2D eigenvalue weighted by molar-refractivity contribution is 8.00. The van der Waals surface area contributed by atoms with Crippen molar-refractivity contribution >= 4 is 82.3 Å². The zero-order valence-corrected chi connectivity index (χ0v) is 28.3. The third-order valence-corrected chi connectivity index (χ3v) is 10.7. The van der Waals surface area contributed by atoms with E-state index in [1.54, 1.807) is 32.0 Å². The third-order valence-electron chi connectivity index (χ3n) is 8.03. The zero-order chi connectivity index (χ0) is 32.7. The molecule has 1 aromatic carbocycles. The molecule has 5 heterocycles. The summed E-state index contributed by atoms with van der Waals surface area (Å²) in [6.07, 6.45) is -2.59. The van der Waals surface area contributed by atoms with E-state index in [1.807, 2.05) is 0 Å². The number of thioether (sulfide) groups is 1. The number of hydrogen-bond donors (Lipinski definition) is 3. The molecule has 0 radical (unpaired) electrons. The Balaban J connectivity index is 0.00000433. The van der Waals surface area contributed by atoms with Gasteiger partial charge in [-0.2, -0.15) is 0 Å². The van der Waals surface area contributed by atoms with Crippen molar-refractivity contribution < 1.29 is 43.3 Å². The maximum atomic E-state index is 13.6. The van der Waals surface area contributed by atoms with Gasteiger partial charge in [0.25, 0.3) is 11.8 Å². The summed E-state index contributed by atoms with van der Waals surface area (Å²) in [5.74, 6) is -2.42. The molecule has 6 rings (SSSR count). The third kappa shape index (κ3) is 6.77. The second kappa shape index (κ2) is 14.3. The van der Waals surface area contributed by atoms with Crippen LogP contribution in [0.2, 0.25) is 0 Å². The monoisotopic (exact) mass is 723 g/mol. The Labute approximate surface area is 288 Å². The summed E-state index contributed by atoms with van der Waals surface area (Å²) in [7, 11) is 0. The molecule has 250 valence electrons. The Morgan fingerprint density at radius 2 is 2.00 bits per heavy atom. The zero-order valence-electron chi connectivity index (χ0n) is 25.0. The van der Waals surface area contributed by atoms with Crippen LogP contribution in [0.15, 0.2) is 35.5 Å². The normalized spacial score (nSPS) is 25.5. The second-order valence-electron chi connectivity index (χ2n) is 11.0. The van der Waals surface area contributed by atoms with E-state index in [0.29, 0.717) is 28.6 Å². The van der Waals surface area contributed by atoms with Crippen LogP contribution >= 0.6 is 47.7 Å². The number of cyclic esters (lactones) is 2. The topological polar surface area (TPSA) is 186 Å². The number of nitrogens with zero attached hydrogens (tertiary/aromatic N) is 3. The smallest absolute Gasteiger partial charge is 0.457 e. The minimum Gasteiger partial charge on any atom is -0.457 e. The van der Waals surface area contributed by atoms with Gasteiger partial charge in [0.1, 0.15) is 34.8 Å². The van der Waals surface area contributed by atoms with E-state index in [4.69, 9.17) is 26.4 Å². The minimum absolute atomic E-state index is 0. The van der Waals surface area contributed by atoms with Gasteiger partial charge in [0.15, 0.2) is 23.0 Å². The number of halogens is 1. The Bertz CT molecular complexity index is 1660. The second-order valence-corrected chi connectivity index (χ2v) is 13.7. The van der Waals surface area contributed by atoms with E-state index in [9.17, 15) is 29.1 Å². The van der Waals surface area contributed by atoms with Gasteiger partial charge in [0, 0.05) is 22.5 Å². The highest BCUT2D eigenvalue weighted by atomic mass is 35.5. The molecule has 3 fully saturated rings. The molecule has 0 spiro atoms. The molecule has 4 aliphatic heterocycles. The molecular weight excluding hydrogens is 694 g/mol. The number of benzene rings is 1. The number of esters is 1. The van der Waals surface area contributed by atoms with Crippen LogP contribution in [0.5, 0.6) is 0 Å². The quantitative estimate of drug-likeness (QED) is 0.139. The molecule has 14 nitrogen and oxygen atoms in total. The van der Waals surface area contributed by atoms with Crippen LogP contribution < -0.4 is 10.6 Å². The van der Waals surface area contributed by atoms with Crippen LogP contribution in [-0.2, 0) is 28.6 Å². The van der Waals surface area contributed by atoms with Crippen LogP contribution in [0.1, 0.15) is 51.8 Å². The Hall–Kier alpha value is -3.48. The van der Waals surface area contributed by atoms with Crippen molar-refractivity contribution in [1.82, 2.24) is 25.7 Å². The molecule has 2 aromatic rings. The van der Waals surface area contributed by atoms with Crippen LogP contribution in [-0.4, -0.2) is 103 Å². The fourth-order valence-electron chi connectivity index (χ4n) is 5.60. The number of nitrogens with one attached hydrogen (secondary N) is 2. The van der Waals surface area contributed by atoms with Gasteiger partial charge in [0.2, 0.25) is 0 Å². The summed E-state index contributed by atoms with van der Waals surface area (Å²) in [6, 6.07) is 4.85. The lowest BCUT2D eigenvalue weighted by atomic mass is 9.94. The molecule has 0 saturated carbocycles. The first kappa shape index (κ1) is 34.8. The van der Waals surface area contributed by atoms with Crippen molar-refractivity contribution in [3.63, 3.8) is 0 Å². The Morgan fingerprint density at radius 3 is 2.66 bits per heavy atom. The number of carbonyl (C=O) groups is 5. The van der Waals surface area contributed by atoms with Gasteiger partial charge in [-0.05, 0) is 33.2 Å². The molecule has 4 unspecified atom stereocenters. The van der Waals surface area contributed by atoms with E-state index in [1.165, 1.54) is 34.1 Å². The van der Waals surface area contributed by atoms with Crippen molar-refractivity contribution in [2.24, 2.45) is 0 Å². The number of β-lactam (4-membered cyclic amide) rings is 1. The average Bonchev–Trinajstić information content (AvgIpc) is 3.82. The van der Waals surface area contributed by atoms with Crippen molar-refractivity contribution in [2.45, 2.75) is 62.5 Å². The fourth-order valence-corrected chi connectivity index (χ4v) is 8.04. The number of amides is 2. The van der Waals surface area contributed by atoms with Crippen LogP contribution in [0, 0.1) is 6.92 Å². The standard InChI is InChI=1S/C29H29N5O9S3.ClH/c1-12-18(43-29(40)42-12)10-41-28(39)20-16(23(44)25-33-32-13(2)46-25)11-45-27-19(26(38)34(20)27)31-24(37)22(36)15-7-4-3-6-14(15)21(35)17-8-5-9-30-17;/h3-4,6-7,12,17-19,22,27,30,36H,5,8-11H2,1-2H3,(H,31,37);1H/t12?,17-,18?,19?,22?,27-;/m0./s1. The van der Waals surface area contributed by atoms with E-state index in [0.717, 1.165) is 6.42 Å². The summed E-state index contributed by atoms with van der Waals surface area (Å²) in [6.45, 7) is 3.73. The molecule has 1 aromatic heterocycles. The molecule has 18 heteroatoms. The van der Waals surface area contributed by atoms with Crippen LogP contribution in [0.25, 0.3) is 0 Å². The summed E-state index contributed by atoms with van der Waals surface area (Å²) < 4.78 is 15.5. The van der Waals surface area contributed by atoms with E-state index in [2.05, 4.69) is 20.8 Å². The van der Waals surface area contributed by atoms with E-state index >= 15 is 0 Å². The van der Waals surface area contributed by atoms with Gasteiger partial charge >= 0.3 is 12.1 Å². The number of carbonyl (C=O) groups excluding carboxylic acids is 5. The number of ketones is 1. The van der Waals surface area contributed by atoms with Crippen molar-refractivity contribution in [3.8, 4) is 0 Å². The Morgan fingerprint density at radius 1 is 1.23 bits per heavy atom. The number of aromatic nitrogens is 2. The van der Waals surface area contributed by atoms with E-state index in [-0.39, 0.29) is 52.2 Å². The number of aliphatic hydroxyl groups is 1. The lowest BCUT2D eigenvalue weighted by Gasteiger charge is -2.49. The average molecular weight is 724 g/mol. The van der Waals surface area contributed by atoms with Gasteiger partial charge in [-0.25, -0.2) is 9.59 Å². The summed E-state index contributed by atoms with van der Waals surface area (Å²) >= 11 is 8.15. The molecule has 47 heavy (non-hydrogen) atoms. The van der Waals surface area contributed by atoms with Crippen molar-refractivity contribution in [1.29, 1.82) is 0 Å². The largest absolute Gasteiger partial charge is 0.509 e. The highest BCUT2D eigenvalue weighted by Crippen LogP contribution is 2.42. The number of fused-ring (bicyclic) bond motifs is 1. The first-order valence-electron chi connectivity index (χ1n) is 14.5. The molecular formula is C29H30ClN5O9S3. The number of Topliss-reactive ketones (excluding diaryl/α,β-unsaturated/α-hetero) is 1. The van der Waals surface area contributed by atoms with Crippen molar-refractivity contribution in [3.05, 3.63) is 56.7 Å². The predicted octanol–water partition coefficient (Wildman–Crippen LogP) is 1.78. The lowest BCUT2D eigenvalue weighted by Crippen LogP contribution is -2.71. The lowest BCUT2D eigenvalue weighted by molar-refractivity contribution is -0.154. The predicted molar refractivity (Wildman–Crippen MR) is 174 cm³/mol. The first-order valence-corrected chi connectivity index (χ1v) is 16.7. The Kier molecular flexibility index (Phi) is 10.6. The molecule has 0 aliphatic carbocycles. The summed E-state index contributed by atoms with van der Waals surface area (Å²) in [5, 5.41) is 25.2. The number of rotatable bonds is 10. The molecule has 2 amide bonds. The SMILES string of the molecule is Cc1nnc(C(=S)C2=C(C(=O)OCC3OC(=O)OC3C)N3C(=O)C(NC(=O)C(O)c4ccccc4C(=O)[C@@H]4CCCN4)[C@@H]3SC2)s1.Cl. The van der Waals surface area contributed by atoms with Crippen molar-refractivity contribution in [2.75, 3.05) is 18.9 Å². The van der Waals surface area contributed by atoms with E-state index < -0.39 is 59.7 Å².